The van der Waals surface area contributed by atoms with Crippen LogP contribution >= 0.6 is 0 Å². The summed E-state index contributed by atoms with van der Waals surface area (Å²) in [5, 5.41) is 12.5. The predicted molar refractivity (Wildman–Crippen MR) is 89.0 cm³/mol. The third-order valence-corrected chi connectivity index (χ3v) is 3.61. The summed E-state index contributed by atoms with van der Waals surface area (Å²) in [6, 6.07) is 21.1. The number of hydrogen-bond donors (Lipinski definition) is 1. The van der Waals surface area contributed by atoms with E-state index in [1.54, 1.807) is 0 Å². The Morgan fingerprint density at radius 3 is 2.38 bits per heavy atom. The molecule has 0 bridgehead atoms. The number of nitrogens with zero attached hydrogens (tertiary/aromatic N) is 1. The fourth-order valence-corrected chi connectivity index (χ4v) is 2.32. The van der Waals surface area contributed by atoms with Gasteiger partial charge in [0.05, 0.1) is 11.5 Å². The first kappa shape index (κ1) is 15.1. The Balaban J connectivity index is 2.00. The molecule has 0 amide bonds. The second-order valence-electron chi connectivity index (χ2n) is 5.94. The fraction of sp³-hybridized carbons (Fsp3) is 0.316. The molecule has 0 aromatic heterocycles. The number of para-hydroxylation sites is 1. The van der Waals surface area contributed by atoms with Crippen molar-refractivity contribution in [3.8, 4) is 17.2 Å². The smallest absolute Gasteiger partial charge is 0.0683 e. The predicted octanol–water partition coefficient (Wildman–Crippen LogP) is 5.10. The maximum absolute atomic E-state index is 9.03. The van der Waals surface area contributed by atoms with E-state index in [2.05, 4.69) is 53.9 Å². The van der Waals surface area contributed by atoms with Gasteiger partial charge in [0.2, 0.25) is 0 Å². The van der Waals surface area contributed by atoms with Crippen molar-refractivity contribution in [3.05, 3.63) is 54.6 Å². The van der Waals surface area contributed by atoms with Gasteiger partial charge in [0.15, 0.2) is 0 Å². The van der Waals surface area contributed by atoms with E-state index in [4.69, 9.17) is 5.26 Å². The van der Waals surface area contributed by atoms with E-state index in [1.165, 1.54) is 11.1 Å². The SMILES string of the molecule is CC(C)(C#N)CCCNc1ccccc1-c1ccccc1. The number of benzene rings is 2. The lowest BCUT2D eigenvalue weighted by molar-refractivity contribution is 0.441. The van der Waals surface area contributed by atoms with E-state index in [0.717, 1.165) is 25.1 Å². The third kappa shape index (κ3) is 4.36. The van der Waals surface area contributed by atoms with Crippen LogP contribution in [0.25, 0.3) is 11.1 Å². The van der Waals surface area contributed by atoms with Gasteiger partial charge in [-0.2, -0.15) is 5.26 Å². The summed E-state index contributed by atoms with van der Waals surface area (Å²) in [6.45, 7) is 4.87. The minimum Gasteiger partial charge on any atom is -0.385 e. The summed E-state index contributed by atoms with van der Waals surface area (Å²) < 4.78 is 0. The van der Waals surface area contributed by atoms with Crippen molar-refractivity contribution in [3.63, 3.8) is 0 Å². The van der Waals surface area contributed by atoms with Crippen molar-refractivity contribution in [2.24, 2.45) is 5.41 Å². The second kappa shape index (κ2) is 6.95. The van der Waals surface area contributed by atoms with E-state index in [0.29, 0.717) is 0 Å². The molecule has 0 aliphatic rings. The molecule has 0 aliphatic heterocycles. The average molecular weight is 278 g/mol. The molecule has 2 aromatic rings. The Kier molecular flexibility index (Phi) is 5.00. The molecular formula is C19H22N2. The monoisotopic (exact) mass is 278 g/mol. The zero-order chi connectivity index (χ0) is 15.1. The Morgan fingerprint density at radius 2 is 1.67 bits per heavy atom. The van der Waals surface area contributed by atoms with Crippen LogP contribution in [-0.4, -0.2) is 6.54 Å². The number of anilines is 1. The van der Waals surface area contributed by atoms with Gasteiger partial charge in [-0.15, -0.1) is 0 Å². The lowest BCUT2D eigenvalue weighted by Crippen LogP contribution is -2.11. The topological polar surface area (TPSA) is 35.8 Å². The van der Waals surface area contributed by atoms with Gasteiger partial charge in [0, 0.05) is 17.8 Å². The van der Waals surface area contributed by atoms with Crippen LogP contribution in [0.2, 0.25) is 0 Å². The van der Waals surface area contributed by atoms with E-state index < -0.39 is 0 Å². The van der Waals surface area contributed by atoms with Crippen LogP contribution in [0.15, 0.2) is 54.6 Å². The lowest BCUT2D eigenvalue weighted by Gasteiger charge is -2.16. The van der Waals surface area contributed by atoms with Crippen molar-refractivity contribution < 1.29 is 0 Å². The van der Waals surface area contributed by atoms with Crippen LogP contribution < -0.4 is 5.32 Å². The van der Waals surface area contributed by atoms with Crippen LogP contribution in [0.1, 0.15) is 26.7 Å². The molecule has 0 unspecified atom stereocenters. The summed E-state index contributed by atoms with van der Waals surface area (Å²) in [6.07, 6.45) is 1.90. The first-order valence-electron chi connectivity index (χ1n) is 7.42. The van der Waals surface area contributed by atoms with Crippen molar-refractivity contribution in [2.75, 3.05) is 11.9 Å². The molecule has 0 saturated carbocycles. The van der Waals surface area contributed by atoms with Gasteiger partial charge >= 0.3 is 0 Å². The summed E-state index contributed by atoms with van der Waals surface area (Å²) in [5.41, 5.74) is 3.36. The standard InChI is InChI=1S/C19H22N2/c1-19(2,15-20)13-8-14-21-18-12-7-6-11-17(18)16-9-4-3-5-10-16/h3-7,9-12,21H,8,13-14H2,1-2H3. The number of rotatable bonds is 6. The molecule has 0 aliphatic carbocycles. The zero-order valence-electron chi connectivity index (χ0n) is 12.8. The number of nitriles is 1. The maximum atomic E-state index is 9.03. The molecule has 0 fully saturated rings. The van der Waals surface area contributed by atoms with Gasteiger partial charge in [-0.1, -0.05) is 48.5 Å². The molecular weight excluding hydrogens is 256 g/mol. The molecule has 1 N–H and O–H groups in total. The first-order valence-corrected chi connectivity index (χ1v) is 7.42. The molecule has 2 rings (SSSR count). The van der Waals surface area contributed by atoms with Crippen LogP contribution in [0, 0.1) is 16.7 Å². The summed E-state index contributed by atoms with van der Waals surface area (Å²) in [5.74, 6) is 0. The Bertz CT molecular complexity index is 609. The van der Waals surface area contributed by atoms with Gasteiger partial charge in [-0.3, -0.25) is 0 Å². The van der Waals surface area contributed by atoms with Crippen LogP contribution in [0.4, 0.5) is 5.69 Å². The molecule has 0 heterocycles. The van der Waals surface area contributed by atoms with E-state index in [-0.39, 0.29) is 5.41 Å². The molecule has 0 saturated heterocycles. The summed E-state index contributed by atoms with van der Waals surface area (Å²) in [7, 11) is 0. The van der Waals surface area contributed by atoms with Crippen LogP contribution in [0.3, 0.4) is 0 Å². The molecule has 2 aromatic carbocycles. The first-order chi connectivity index (χ1) is 10.1. The van der Waals surface area contributed by atoms with Gasteiger partial charge in [-0.25, -0.2) is 0 Å². The highest BCUT2D eigenvalue weighted by Crippen LogP contribution is 2.28. The fourth-order valence-electron chi connectivity index (χ4n) is 2.32. The van der Waals surface area contributed by atoms with Gasteiger partial charge in [0.25, 0.3) is 0 Å². The van der Waals surface area contributed by atoms with Crippen molar-refractivity contribution in [2.45, 2.75) is 26.7 Å². The Hall–Kier alpha value is -2.27. The highest BCUT2D eigenvalue weighted by Gasteiger charge is 2.15. The average Bonchev–Trinajstić information content (AvgIpc) is 2.53. The second-order valence-corrected chi connectivity index (χ2v) is 5.94. The molecule has 0 spiro atoms. The largest absolute Gasteiger partial charge is 0.385 e. The minimum absolute atomic E-state index is 0.235. The minimum atomic E-state index is -0.235. The van der Waals surface area contributed by atoms with E-state index in [9.17, 15) is 0 Å². The van der Waals surface area contributed by atoms with Crippen molar-refractivity contribution in [1.82, 2.24) is 0 Å². The van der Waals surface area contributed by atoms with Gasteiger partial charge in [0.1, 0.15) is 0 Å². The number of hydrogen-bond acceptors (Lipinski definition) is 2. The van der Waals surface area contributed by atoms with E-state index in [1.807, 2.05) is 26.0 Å². The van der Waals surface area contributed by atoms with Gasteiger partial charge in [-0.05, 0) is 38.3 Å². The summed E-state index contributed by atoms with van der Waals surface area (Å²) in [4.78, 5) is 0. The highest BCUT2D eigenvalue weighted by atomic mass is 14.9. The Morgan fingerprint density at radius 1 is 1.00 bits per heavy atom. The maximum Gasteiger partial charge on any atom is 0.0683 e. The van der Waals surface area contributed by atoms with Gasteiger partial charge < -0.3 is 5.32 Å². The molecule has 108 valence electrons. The molecule has 0 atom stereocenters. The summed E-state index contributed by atoms with van der Waals surface area (Å²) >= 11 is 0. The molecule has 2 nitrogen and oxygen atoms in total. The van der Waals surface area contributed by atoms with Crippen molar-refractivity contribution in [1.29, 1.82) is 5.26 Å². The lowest BCUT2D eigenvalue weighted by atomic mass is 9.90. The quantitative estimate of drug-likeness (QED) is 0.746. The zero-order valence-corrected chi connectivity index (χ0v) is 12.8. The third-order valence-electron chi connectivity index (χ3n) is 3.61. The molecule has 0 radical (unpaired) electrons. The van der Waals surface area contributed by atoms with Crippen molar-refractivity contribution >= 4 is 5.69 Å². The number of nitrogens with one attached hydrogen (secondary N) is 1. The highest BCUT2D eigenvalue weighted by molar-refractivity contribution is 5.77. The van der Waals surface area contributed by atoms with Crippen LogP contribution in [0.5, 0.6) is 0 Å². The molecule has 21 heavy (non-hydrogen) atoms. The molecule has 2 heteroatoms. The normalized spacial score (nSPS) is 10.9. The van der Waals surface area contributed by atoms with E-state index >= 15 is 0 Å². The Labute approximate surface area is 127 Å². The van der Waals surface area contributed by atoms with Crippen LogP contribution in [-0.2, 0) is 0 Å².